The molecule has 0 bridgehead atoms. The Morgan fingerprint density at radius 3 is 2.71 bits per heavy atom. The van der Waals surface area contributed by atoms with Gasteiger partial charge in [0, 0.05) is 10.9 Å². The number of carbonyl (C=O) groups is 1. The van der Waals surface area contributed by atoms with Gasteiger partial charge in [0.05, 0.1) is 6.61 Å². The summed E-state index contributed by atoms with van der Waals surface area (Å²) in [5, 5.41) is 10.7. The number of rotatable bonds is 5. The van der Waals surface area contributed by atoms with Crippen LogP contribution in [0.2, 0.25) is 19.6 Å². The topological polar surface area (TPSA) is 59.7 Å². The fraction of sp³-hybridized carbons (Fsp3) is 0.421. The van der Waals surface area contributed by atoms with Gasteiger partial charge in [-0.15, -0.1) is 5.54 Å². The van der Waals surface area contributed by atoms with Crippen LogP contribution in [-0.4, -0.2) is 31.9 Å². The number of para-hydroxylation sites is 1. The molecule has 0 fully saturated rings. The van der Waals surface area contributed by atoms with Gasteiger partial charge in [-0.25, -0.2) is 4.79 Å². The highest BCUT2D eigenvalue weighted by Crippen LogP contribution is 2.25. The Hall–Kier alpha value is -2.03. The summed E-state index contributed by atoms with van der Waals surface area (Å²) in [7, 11) is -1.47. The zero-order valence-electron chi connectivity index (χ0n) is 14.7. The molecule has 0 saturated carbocycles. The average molecular weight is 344 g/mol. The zero-order chi connectivity index (χ0) is 17.7. The quantitative estimate of drug-likeness (QED) is 0.386. The lowest BCUT2D eigenvalue weighted by Gasteiger charge is -2.07. The first-order chi connectivity index (χ1) is 11.3. The van der Waals surface area contributed by atoms with Crippen LogP contribution in [0, 0.1) is 18.4 Å². The van der Waals surface area contributed by atoms with Crippen LogP contribution in [0.1, 0.15) is 29.0 Å². The van der Waals surface area contributed by atoms with E-state index in [9.17, 15) is 9.90 Å². The number of ether oxygens (including phenoxy) is 1. The van der Waals surface area contributed by atoms with Crippen LogP contribution in [0.4, 0.5) is 0 Å². The summed E-state index contributed by atoms with van der Waals surface area (Å²) in [6, 6.07) is 7.51. The van der Waals surface area contributed by atoms with Crippen molar-refractivity contribution in [3.05, 3.63) is 35.6 Å². The first kappa shape index (κ1) is 18.3. The molecule has 1 heterocycles. The summed E-state index contributed by atoms with van der Waals surface area (Å²) in [6.45, 7) is 8.47. The summed E-state index contributed by atoms with van der Waals surface area (Å²) >= 11 is 0. The second kappa shape index (κ2) is 7.69. The summed E-state index contributed by atoms with van der Waals surface area (Å²) in [4.78, 5) is 12.1. The maximum Gasteiger partial charge on any atom is 0.374 e. The number of carbonyl (C=O) groups excluding carboxylic acids is 1. The van der Waals surface area contributed by atoms with E-state index in [-0.39, 0.29) is 12.4 Å². The Bertz CT molecular complexity index is 774. The standard InChI is InChI=1S/C19H24O4Si/c1-14-16-9-5-6-10-17(16)23-18(14)19(21)22-12-7-8-15(20)11-13-24(2,3)4/h5-6,9-10,15,20H,7-8,12H2,1-4H3. The van der Waals surface area contributed by atoms with Crippen molar-refractivity contribution in [2.45, 2.75) is 45.5 Å². The molecule has 1 atom stereocenters. The molecule has 0 amide bonds. The van der Waals surface area contributed by atoms with Crippen molar-refractivity contribution in [3.63, 3.8) is 0 Å². The van der Waals surface area contributed by atoms with Crippen molar-refractivity contribution in [2.24, 2.45) is 0 Å². The molecule has 0 aliphatic carbocycles. The van der Waals surface area contributed by atoms with Crippen LogP contribution in [0.25, 0.3) is 11.0 Å². The second-order valence-corrected chi connectivity index (χ2v) is 11.6. The molecule has 1 aromatic heterocycles. The van der Waals surface area contributed by atoms with Gasteiger partial charge in [0.2, 0.25) is 5.76 Å². The second-order valence-electron chi connectivity index (χ2n) is 6.87. The van der Waals surface area contributed by atoms with Crippen molar-refractivity contribution in [2.75, 3.05) is 6.61 Å². The molecule has 0 aliphatic heterocycles. The van der Waals surface area contributed by atoms with Gasteiger partial charge in [-0.3, -0.25) is 0 Å². The van der Waals surface area contributed by atoms with Crippen LogP contribution >= 0.6 is 0 Å². The predicted octanol–water partition coefficient (Wildman–Crippen LogP) is 3.92. The van der Waals surface area contributed by atoms with Crippen molar-refractivity contribution in [1.82, 2.24) is 0 Å². The van der Waals surface area contributed by atoms with Crippen molar-refractivity contribution < 1.29 is 19.1 Å². The maximum atomic E-state index is 12.1. The van der Waals surface area contributed by atoms with Crippen molar-refractivity contribution >= 4 is 25.0 Å². The first-order valence-electron chi connectivity index (χ1n) is 8.14. The fourth-order valence-corrected chi connectivity index (χ4v) is 2.85. The summed E-state index contributed by atoms with van der Waals surface area (Å²) < 4.78 is 10.8. The Labute approximate surface area is 143 Å². The first-order valence-corrected chi connectivity index (χ1v) is 11.6. The number of benzene rings is 1. The van der Waals surface area contributed by atoms with Gasteiger partial charge in [-0.05, 0) is 25.8 Å². The number of fused-ring (bicyclic) bond motifs is 1. The van der Waals surface area contributed by atoms with E-state index in [1.54, 1.807) is 0 Å². The molecule has 128 valence electrons. The Balaban J connectivity index is 1.85. The molecule has 2 rings (SSSR count). The van der Waals surface area contributed by atoms with E-state index >= 15 is 0 Å². The van der Waals surface area contributed by atoms with Gasteiger partial charge < -0.3 is 14.3 Å². The maximum absolute atomic E-state index is 12.1. The van der Waals surface area contributed by atoms with Crippen LogP contribution < -0.4 is 0 Å². The molecular weight excluding hydrogens is 320 g/mol. The van der Waals surface area contributed by atoms with Crippen LogP contribution in [-0.2, 0) is 4.74 Å². The number of aliphatic hydroxyl groups is 1. The van der Waals surface area contributed by atoms with Gasteiger partial charge in [-0.1, -0.05) is 43.8 Å². The smallest absolute Gasteiger partial charge is 0.374 e. The molecule has 1 aromatic carbocycles. The SMILES string of the molecule is Cc1c(C(=O)OCCCC(O)C#C[Si](C)(C)C)oc2ccccc12. The van der Waals surface area contributed by atoms with E-state index < -0.39 is 20.1 Å². The zero-order valence-corrected chi connectivity index (χ0v) is 15.7. The van der Waals surface area contributed by atoms with Crippen LogP contribution in [0.15, 0.2) is 28.7 Å². The Kier molecular flexibility index (Phi) is 5.87. The van der Waals surface area contributed by atoms with Crippen molar-refractivity contribution in [3.8, 4) is 11.5 Å². The van der Waals surface area contributed by atoms with E-state index in [1.807, 2.05) is 31.2 Å². The number of esters is 1. The predicted molar refractivity (Wildman–Crippen MR) is 97.6 cm³/mol. The largest absolute Gasteiger partial charge is 0.460 e. The van der Waals surface area contributed by atoms with Gasteiger partial charge >= 0.3 is 5.97 Å². The van der Waals surface area contributed by atoms with Gasteiger partial charge in [0.1, 0.15) is 19.8 Å². The molecule has 1 N–H and O–H groups in total. The van der Waals surface area contributed by atoms with Gasteiger partial charge in [0.25, 0.3) is 0 Å². The number of hydrogen-bond acceptors (Lipinski definition) is 4. The Morgan fingerprint density at radius 1 is 1.33 bits per heavy atom. The molecule has 1 unspecified atom stereocenters. The summed E-state index contributed by atoms with van der Waals surface area (Å²) in [6.07, 6.45) is 0.388. The van der Waals surface area contributed by atoms with E-state index in [1.165, 1.54) is 0 Å². The molecule has 4 nitrogen and oxygen atoms in total. The minimum absolute atomic E-state index is 0.237. The van der Waals surface area contributed by atoms with Crippen LogP contribution in [0.3, 0.4) is 0 Å². The van der Waals surface area contributed by atoms with Gasteiger partial charge in [-0.2, -0.15) is 0 Å². The highest BCUT2D eigenvalue weighted by Gasteiger charge is 2.18. The number of furan rings is 1. The Morgan fingerprint density at radius 2 is 2.04 bits per heavy atom. The normalized spacial score (nSPS) is 12.5. The fourth-order valence-electron chi connectivity index (χ4n) is 2.25. The van der Waals surface area contributed by atoms with Crippen molar-refractivity contribution in [1.29, 1.82) is 0 Å². The highest BCUT2D eigenvalue weighted by atomic mass is 28.3. The number of hydrogen-bond donors (Lipinski definition) is 1. The molecule has 5 heteroatoms. The molecule has 2 aromatic rings. The molecule has 0 radical (unpaired) electrons. The lowest BCUT2D eigenvalue weighted by molar-refractivity contribution is 0.0452. The minimum atomic E-state index is -1.47. The molecule has 0 spiro atoms. The third-order valence-corrected chi connectivity index (χ3v) is 4.39. The summed E-state index contributed by atoms with van der Waals surface area (Å²) in [5.41, 5.74) is 4.60. The lowest BCUT2D eigenvalue weighted by Crippen LogP contribution is -2.18. The third-order valence-electron chi connectivity index (χ3n) is 3.50. The third kappa shape index (κ3) is 4.98. The van der Waals surface area contributed by atoms with Gasteiger partial charge in [0.15, 0.2) is 0 Å². The van der Waals surface area contributed by atoms with E-state index in [4.69, 9.17) is 9.15 Å². The lowest BCUT2D eigenvalue weighted by atomic mass is 10.1. The number of aryl methyl sites for hydroxylation is 1. The highest BCUT2D eigenvalue weighted by molar-refractivity contribution is 6.83. The number of aliphatic hydroxyl groups excluding tert-OH is 1. The van der Waals surface area contributed by atoms with E-state index in [0.29, 0.717) is 18.4 Å². The minimum Gasteiger partial charge on any atom is -0.460 e. The van der Waals surface area contributed by atoms with Crippen LogP contribution in [0.5, 0.6) is 0 Å². The van der Waals surface area contributed by atoms with E-state index in [0.717, 1.165) is 10.9 Å². The van der Waals surface area contributed by atoms with E-state index in [2.05, 4.69) is 31.1 Å². The average Bonchev–Trinajstić information content (AvgIpc) is 2.86. The monoisotopic (exact) mass is 344 g/mol. The molecule has 0 saturated heterocycles. The molecular formula is C19H24O4Si. The molecule has 24 heavy (non-hydrogen) atoms. The molecule has 0 aliphatic rings. The summed E-state index contributed by atoms with van der Waals surface area (Å²) in [5.74, 6) is 2.66.